The third-order valence-corrected chi connectivity index (χ3v) is 4.74. The van der Waals surface area contributed by atoms with Crippen LogP contribution in [0, 0.1) is 11.3 Å². The number of H-pyrrole nitrogens is 1. The lowest BCUT2D eigenvalue weighted by Crippen LogP contribution is -2.10. The zero-order valence-electron chi connectivity index (χ0n) is 15.8. The Balaban J connectivity index is 1.55. The third-order valence-electron chi connectivity index (χ3n) is 4.45. The number of aromatic amines is 1. The van der Waals surface area contributed by atoms with E-state index in [4.69, 9.17) is 21.6 Å². The van der Waals surface area contributed by atoms with Gasteiger partial charge in [-0.05, 0) is 53.6 Å². The Hall–Kier alpha value is -3.88. The van der Waals surface area contributed by atoms with Crippen LogP contribution in [0.25, 0.3) is 22.0 Å². The van der Waals surface area contributed by atoms with Crippen LogP contribution in [0.2, 0.25) is 0 Å². The molecule has 0 atom stereocenters. The van der Waals surface area contributed by atoms with Crippen LogP contribution in [0.3, 0.4) is 0 Å². The standard InChI is InChI=1S/C24H16ClN3O2/c25-21(23-27-22-10-2-1-9-20(22)24(29)28-23)13-16-5-4-8-19(12-16)30-15-18-7-3-6-17(11-18)14-26/h1-13H,15H2,(H,27,28,29)/b21-13-. The van der Waals surface area contributed by atoms with Crippen LogP contribution in [-0.2, 0) is 6.61 Å². The number of rotatable bonds is 5. The van der Waals surface area contributed by atoms with Gasteiger partial charge in [-0.3, -0.25) is 4.79 Å². The summed E-state index contributed by atoms with van der Waals surface area (Å²) in [6, 6.07) is 23.9. The lowest BCUT2D eigenvalue weighted by Gasteiger charge is -2.08. The molecule has 4 aromatic rings. The van der Waals surface area contributed by atoms with Crippen molar-refractivity contribution >= 4 is 33.6 Å². The summed E-state index contributed by atoms with van der Waals surface area (Å²) in [7, 11) is 0. The largest absolute Gasteiger partial charge is 0.489 e. The van der Waals surface area contributed by atoms with Gasteiger partial charge >= 0.3 is 0 Å². The quantitative estimate of drug-likeness (QED) is 0.493. The molecule has 0 fully saturated rings. The third kappa shape index (κ3) is 4.40. The summed E-state index contributed by atoms with van der Waals surface area (Å²) in [6.45, 7) is 0.343. The Labute approximate surface area is 177 Å². The van der Waals surface area contributed by atoms with E-state index in [2.05, 4.69) is 16.0 Å². The maximum atomic E-state index is 12.3. The monoisotopic (exact) mass is 413 g/mol. The molecule has 0 saturated carbocycles. The molecule has 0 aliphatic heterocycles. The predicted octanol–water partition coefficient (Wildman–Crippen LogP) is 5.11. The van der Waals surface area contributed by atoms with Crippen LogP contribution in [0.15, 0.2) is 77.6 Å². The first-order valence-corrected chi connectivity index (χ1v) is 9.59. The smallest absolute Gasteiger partial charge is 0.259 e. The van der Waals surface area contributed by atoms with Gasteiger partial charge in [0.05, 0.1) is 27.6 Å². The van der Waals surface area contributed by atoms with Gasteiger partial charge in [0.1, 0.15) is 12.4 Å². The molecule has 0 aliphatic carbocycles. The normalized spacial score (nSPS) is 11.3. The molecule has 1 N–H and O–H groups in total. The molecular formula is C24H16ClN3O2. The lowest BCUT2D eigenvalue weighted by molar-refractivity contribution is 0.306. The second-order valence-corrected chi connectivity index (χ2v) is 7.00. The Bertz CT molecular complexity index is 1350. The molecule has 0 amide bonds. The van der Waals surface area contributed by atoms with Crippen LogP contribution in [0.4, 0.5) is 0 Å². The Morgan fingerprint density at radius 2 is 1.93 bits per heavy atom. The number of halogens is 1. The molecule has 1 heterocycles. The fourth-order valence-electron chi connectivity index (χ4n) is 3.01. The first kappa shape index (κ1) is 19.4. The highest BCUT2D eigenvalue weighted by molar-refractivity contribution is 6.50. The number of nitrogens with one attached hydrogen (secondary N) is 1. The number of hydrogen-bond acceptors (Lipinski definition) is 4. The molecule has 0 saturated heterocycles. The molecule has 0 spiro atoms. The fraction of sp³-hybridized carbons (Fsp3) is 0.0417. The molecule has 0 unspecified atom stereocenters. The van der Waals surface area contributed by atoms with E-state index in [9.17, 15) is 4.79 Å². The second-order valence-electron chi connectivity index (χ2n) is 6.60. The zero-order chi connectivity index (χ0) is 20.9. The van der Waals surface area contributed by atoms with Crippen molar-refractivity contribution in [3.8, 4) is 11.8 Å². The molecule has 146 valence electrons. The van der Waals surface area contributed by atoms with Crippen LogP contribution in [-0.4, -0.2) is 9.97 Å². The van der Waals surface area contributed by atoms with Crippen LogP contribution >= 0.6 is 11.6 Å². The summed E-state index contributed by atoms with van der Waals surface area (Å²) < 4.78 is 5.84. The minimum atomic E-state index is -0.237. The topological polar surface area (TPSA) is 78.8 Å². The summed E-state index contributed by atoms with van der Waals surface area (Å²) in [5.41, 5.74) is 2.65. The number of hydrogen-bond donors (Lipinski definition) is 1. The van der Waals surface area contributed by atoms with E-state index in [1.807, 2.05) is 42.5 Å². The average molecular weight is 414 g/mol. The van der Waals surface area contributed by atoms with Gasteiger partial charge in [0.25, 0.3) is 5.56 Å². The first-order chi connectivity index (χ1) is 14.6. The minimum Gasteiger partial charge on any atom is -0.489 e. The molecule has 0 radical (unpaired) electrons. The Morgan fingerprint density at radius 3 is 2.80 bits per heavy atom. The number of benzene rings is 3. The predicted molar refractivity (Wildman–Crippen MR) is 118 cm³/mol. The van der Waals surface area contributed by atoms with Gasteiger partial charge in [-0.2, -0.15) is 5.26 Å². The zero-order valence-corrected chi connectivity index (χ0v) is 16.6. The number of nitriles is 1. The number of aromatic nitrogens is 2. The van der Waals surface area contributed by atoms with Crippen molar-refractivity contribution in [2.45, 2.75) is 6.61 Å². The van der Waals surface area contributed by atoms with Crippen molar-refractivity contribution in [1.82, 2.24) is 9.97 Å². The number of para-hydroxylation sites is 1. The molecule has 6 heteroatoms. The highest BCUT2D eigenvalue weighted by Gasteiger charge is 2.07. The fourth-order valence-corrected chi connectivity index (χ4v) is 3.22. The van der Waals surface area contributed by atoms with E-state index in [1.165, 1.54) is 0 Å². The van der Waals surface area contributed by atoms with Crippen molar-refractivity contribution in [3.63, 3.8) is 0 Å². The Morgan fingerprint density at radius 1 is 1.10 bits per heavy atom. The van der Waals surface area contributed by atoms with Gasteiger partial charge in [-0.1, -0.05) is 48.0 Å². The molecule has 4 rings (SSSR count). The summed E-state index contributed by atoms with van der Waals surface area (Å²) in [5.74, 6) is 0.968. The van der Waals surface area contributed by atoms with Crippen molar-refractivity contribution in [2.24, 2.45) is 0 Å². The van der Waals surface area contributed by atoms with Gasteiger partial charge < -0.3 is 9.72 Å². The molecule has 3 aromatic carbocycles. The highest BCUT2D eigenvalue weighted by atomic mass is 35.5. The summed E-state index contributed by atoms with van der Waals surface area (Å²) >= 11 is 6.43. The maximum absolute atomic E-state index is 12.3. The summed E-state index contributed by atoms with van der Waals surface area (Å²) in [5, 5.41) is 9.83. The van der Waals surface area contributed by atoms with E-state index in [0.717, 1.165) is 11.1 Å². The molecule has 1 aromatic heterocycles. The average Bonchev–Trinajstić information content (AvgIpc) is 2.78. The van der Waals surface area contributed by atoms with Gasteiger partial charge in [-0.25, -0.2) is 4.98 Å². The van der Waals surface area contributed by atoms with Gasteiger partial charge in [0, 0.05) is 0 Å². The van der Waals surface area contributed by atoms with Crippen molar-refractivity contribution in [1.29, 1.82) is 5.26 Å². The minimum absolute atomic E-state index is 0.237. The molecule has 0 aliphatic rings. The Kier molecular flexibility index (Phi) is 5.60. The number of ether oxygens (including phenoxy) is 1. The van der Waals surface area contributed by atoms with Gasteiger partial charge in [0.2, 0.25) is 0 Å². The van der Waals surface area contributed by atoms with E-state index in [0.29, 0.717) is 39.7 Å². The van der Waals surface area contributed by atoms with E-state index in [-0.39, 0.29) is 5.56 Å². The van der Waals surface area contributed by atoms with Gasteiger partial charge in [0.15, 0.2) is 5.82 Å². The lowest BCUT2D eigenvalue weighted by atomic mass is 10.1. The molecule has 0 bridgehead atoms. The molecule has 30 heavy (non-hydrogen) atoms. The first-order valence-electron chi connectivity index (χ1n) is 9.21. The van der Waals surface area contributed by atoms with Crippen molar-refractivity contribution in [2.75, 3.05) is 0 Å². The number of nitrogens with zero attached hydrogens (tertiary/aromatic N) is 2. The van der Waals surface area contributed by atoms with Crippen LogP contribution in [0.1, 0.15) is 22.5 Å². The van der Waals surface area contributed by atoms with Crippen LogP contribution in [0.5, 0.6) is 5.75 Å². The second kappa shape index (κ2) is 8.64. The van der Waals surface area contributed by atoms with Gasteiger partial charge in [-0.15, -0.1) is 0 Å². The number of fused-ring (bicyclic) bond motifs is 1. The van der Waals surface area contributed by atoms with Crippen molar-refractivity contribution in [3.05, 3.63) is 106 Å². The molecular weight excluding hydrogens is 398 g/mol. The highest BCUT2D eigenvalue weighted by Crippen LogP contribution is 2.23. The van der Waals surface area contributed by atoms with E-state index < -0.39 is 0 Å². The maximum Gasteiger partial charge on any atom is 0.259 e. The van der Waals surface area contributed by atoms with Crippen LogP contribution < -0.4 is 10.3 Å². The summed E-state index contributed by atoms with van der Waals surface area (Å²) in [6.07, 6.45) is 1.72. The van der Waals surface area contributed by atoms with E-state index >= 15 is 0 Å². The van der Waals surface area contributed by atoms with Crippen molar-refractivity contribution < 1.29 is 4.74 Å². The molecule has 5 nitrogen and oxygen atoms in total. The SMILES string of the molecule is N#Cc1cccc(COc2cccc(/C=C(\Cl)c3nc4ccccc4c(=O)[nH]3)c2)c1. The van der Waals surface area contributed by atoms with E-state index in [1.54, 1.807) is 36.4 Å². The summed E-state index contributed by atoms with van der Waals surface area (Å²) in [4.78, 5) is 19.4.